The summed E-state index contributed by atoms with van der Waals surface area (Å²) in [4.78, 5) is 2.54. The molecule has 4 aromatic rings. The zero-order valence-corrected chi connectivity index (χ0v) is 31.0. The third kappa shape index (κ3) is 8.72. The van der Waals surface area contributed by atoms with Crippen LogP contribution in [-0.2, 0) is 36.1 Å². The Balaban J connectivity index is 1.38. The van der Waals surface area contributed by atoms with Gasteiger partial charge in [0.1, 0.15) is 23.9 Å². The molecule has 8 nitrogen and oxygen atoms in total. The van der Waals surface area contributed by atoms with Gasteiger partial charge in [0.15, 0.2) is 0 Å². The average Bonchev–Trinajstić information content (AvgIpc) is 3.16. The first kappa shape index (κ1) is 36.8. The molecule has 4 aromatic carbocycles. The number of nitrogens with two attached hydrogens (primary N) is 1. The summed E-state index contributed by atoms with van der Waals surface area (Å²) in [6.07, 6.45) is 6.75. The summed E-state index contributed by atoms with van der Waals surface area (Å²) in [5.74, 6) is 2.78. The summed E-state index contributed by atoms with van der Waals surface area (Å²) in [6.45, 7) is 6.17. The van der Waals surface area contributed by atoms with Crippen LogP contribution in [0.25, 0.3) is 0 Å². The highest BCUT2D eigenvalue weighted by atomic mass is 35.5. The molecule has 0 bridgehead atoms. The van der Waals surface area contributed by atoms with E-state index < -0.39 is 10.0 Å². The predicted molar refractivity (Wildman–Crippen MR) is 204 cm³/mol. The van der Waals surface area contributed by atoms with Gasteiger partial charge in [0.25, 0.3) is 0 Å². The number of fused-ring (bicyclic) bond motifs is 2. The first-order chi connectivity index (χ1) is 24.7. The van der Waals surface area contributed by atoms with Crippen LogP contribution in [0.2, 0.25) is 5.02 Å². The number of sulfonamides is 1. The maximum Gasteiger partial charge on any atom is 0.243 e. The quantitative estimate of drug-likeness (QED) is 0.148. The van der Waals surface area contributed by atoms with Gasteiger partial charge in [-0.1, -0.05) is 48.0 Å². The summed E-state index contributed by atoms with van der Waals surface area (Å²) in [7, 11) is -0.766. The molecule has 0 amide bonds. The van der Waals surface area contributed by atoms with E-state index >= 15 is 0 Å². The van der Waals surface area contributed by atoms with Gasteiger partial charge >= 0.3 is 0 Å². The minimum absolute atomic E-state index is 0.0705. The maximum absolute atomic E-state index is 14.8. The zero-order chi connectivity index (χ0) is 36.0. The summed E-state index contributed by atoms with van der Waals surface area (Å²) < 4.78 is 48.3. The van der Waals surface area contributed by atoms with E-state index in [2.05, 4.69) is 11.5 Å². The van der Waals surface area contributed by atoms with Crippen LogP contribution in [0, 0.1) is 11.8 Å². The van der Waals surface area contributed by atoms with Crippen molar-refractivity contribution in [3.05, 3.63) is 125 Å². The van der Waals surface area contributed by atoms with Crippen molar-refractivity contribution in [2.75, 3.05) is 32.2 Å². The van der Waals surface area contributed by atoms with Crippen molar-refractivity contribution in [3.63, 3.8) is 0 Å². The molecule has 0 spiro atoms. The molecule has 0 saturated heterocycles. The molecular formula is C41H48ClN3O5S. The van der Waals surface area contributed by atoms with Gasteiger partial charge in [-0.15, -0.1) is 6.58 Å². The molecular weight excluding hydrogens is 682 g/mol. The van der Waals surface area contributed by atoms with E-state index in [9.17, 15) is 8.42 Å². The molecule has 0 unspecified atom stereocenters. The lowest BCUT2D eigenvalue weighted by Crippen LogP contribution is -2.46. The van der Waals surface area contributed by atoms with Gasteiger partial charge in [-0.3, -0.25) is 0 Å². The molecule has 1 aliphatic heterocycles. The highest BCUT2D eigenvalue weighted by molar-refractivity contribution is 7.89. The van der Waals surface area contributed by atoms with Crippen molar-refractivity contribution in [2.24, 2.45) is 17.6 Å². The first-order valence-electron chi connectivity index (χ1n) is 17.6. The fourth-order valence-corrected chi connectivity index (χ4v) is 8.74. The Morgan fingerprint density at radius 2 is 1.59 bits per heavy atom. The van der Waals surface area contributed by atoms with Gasteiger partial charge < -0.3 is 24.8 Å². The Hall–Kier alpha value is -4.02. The largest absolute Gasteiger partial charge is 0.497 e. The number of hydrogen-bond acceptors (Lipinski definition) is 7. The highest BCUT2D eigenvalue weighted by Crippen LogP contribution is 2.41. The third-order valence-electron chi connectivity index (χ3n) is 10.3. The second kappa shape index (κ2) is 16.5. The molecule has 1 heterocycles. The number of ether oxygens (including phenoxy) is 3. The zero-order valence-electron chi connectivity index (χ0n) is 29.5. The normalized spacial score (nSPS) is 18.3. The molecule has 0 aromatic heterocycles. The van der Waals surface area contributed by atoms with Crippen molar-refractivity contribution >= 4 is 27.3 Å². The van der Waals surface area contributed by atoms with Gasteiger partial charge in [-0.05, 0) is 121 Å². The monoisotopic (exact) mass is 729 g/mol. The first-order valence-corrected chi connectivity index (χ1v) is 19.4. The topological polar surface area (TPSA) is 94.3 Å². The Labute approximate surface area is 307 Å². The average molecular weight is 730 g/mol. The Morgan fingerprint density at radius 1 is 0.922 bits per heavy atom. The van der Waals surface area contributed by atoms with Crippen LogP contribution in [0.4, 0.5) is 5.69 Å². The number of nitrogens with zero attached hydrogens (tertiary/aromatic N) is 2. The van der Waals surface area contributed by atoms with Gasteiger partial charge in [-0.2, -0.15) is 4.31 Å². The lowest BCUT2D eigenvalue weighted by atomic mass is 9.69. The molecule has 2 N–H and O–H groups in total. The molecule has 6 rings (SSSR count). The minimum atomic E-state index is -3.99. The third-order valence-corrected chi connectivity index (χ3v) is 12.3. The van der Waals surface area contributed by atoms with Crippen molar-refractivity contribution in [2.45, 2.75) is 62.7 Å². The molecule has 1 saturated carbocycles. The number of halogens is 1. The molecule has 1 aliphatic carbocycles. The predicted octanol–water partition coefficient (Wildman–Crippen LogP) is 8.01. The van der Waals surface area contributed by atoms with E-state index in [0.717, 1.165) is 67.6 Å². The van der Waals surface area contributed by atoms with E-state index in [1.54, 1.807) is 20.3 Å². The number of rotatable bonds is 12. The summed E-state index contributed by atoms with van der Waals surface area (Å²) in [5, 5.41) is 0.712. The number of anilines is 1. The van der Waals surface area contributed by atoms with E-state index in [-0.39, 0.29) is 24.0 Å². The van der Waals surface area contributed by atoms with Crippen LogP contribution >= 0.6 is 11.6 Å². The summed E-state index contributed by atoms with van der Waals surface area (Å²) >= 11 is 6.39. The van der Waals surface area contributed by atoms with Gasteiger partial charge in [0, 0.05) is 37.2 Å². The number of methoxy groups -OCH3 is 2. The van der Waals surface area contributed by atoms with Crippen LogP contribution in [-0.4, -0.2) is 46.1 Å². The van der Waals surface area contributed by atoms with Crippen LogP contribution in [0.5, 0.6) is 17.2 Å². The van der Waals surface area contributed by atoms with Gasteiger partial charge in [-0.25, -0.2) is 8.42 Å². The van der Waals surface area contributed by atoms with Crippen molar-refractivity contribution in [1.82, 2.24) is 4.31 Å². The lowest BCUT2D eigenvalue weighted by Gasteiger charge is -2.43. The Morgan fingerprint density at radius 3 is 2.18 bits per heavy atom. The molecule has 270 valence electrons. The lowest BCUT2D eigenvalue weighted by molar-refractivity contribution is 0.164. The standard InChI is InChI=1S/C41H48ClN3O5S/c1-4-39(43)38-20-13-32(38)27-44-22-6-5-7-31-23-34(42)14-12-33(31)28-50-41-21-19-37(24-40(41)44)51(46,47)45(25-29-8-15-35(48-2)16-9-29)26-30-10-17-36(49-3)18-11-30/h4,8-12,14-19,21,23-24,32,38-39H,1,5-7,13,20,22,25-28,43H2,2-3H3/t32-,38+,39+/m0/s1. The van der Waals surface area contributed by atoms with Crippen molar-refractivity contribution in [1.29, 1.82) is 0 Å². The highest BCUT2D eigenvalue weighted by Gasteiger charge is 2.36. The van der Waals surface area contributed by atoms with E-state index in [4.69, 9.17) is 31.5 Å². The molecule has 51 heavy (non-hydrogen) atoms. The fraction of sp³-hybridized carbons (Fsp3) is 0.366. The fourth-order valence-electron chi connectivity index (χ4n) is 7.11. The maximum atomic E-state index is 14.8. The van der Waals surface area contributed by atoms with E-state index in [0.29, 0.717) is 40.7 Å². The smallest absolute Gasteiger partial charge is 0.243 e. The van der Waals surface area contributed by atoms with Crippen LogP contribution in [0.3, 0.4) is 0 Å². The van der Waals surface area contributed by atoms with Crippen molar-refractivity contribution in [3.8, 4) is 17.2 Å². The Bertz CT molecular complexity index is 1850. The molecule has 3 atom stereocenters. The number of aryl methyl sites for hydroxylation is 1. The van der Waals surface area contributed by atoms with Crippen molar-refractivity contribution < 1.29 is 22.6 Å². The molecule has 10 heteroatoms. The van der Waals surface area contributed by atoms with Crippen LogP contribution in [0.1, 0.15) is 47.9 Å². The van der Waals surface area contributed by atoms with E-state index in [1.807, 2.05) is 84.9 Å². The van der Waals surface area contributed by atoms with Gasteiger partial charge in [0.2, 0.25) is 10.0 Å². The second-order valence-electron chi connectivity index (χ2n) is 13.5. The minimum Gasteiger partial charge on any atom is -0.497 e. The number of hydrogen-bond donors (Lipinski definition) is 1. The second-order valence-corrected chi connectivity index (χ2v) is 15.9. The SMILES string of the molecule is C=C[C@@H](N)[C@@H]1CC[C@H]1CN1CCCCc2cc(Cl)ccc2COc2ccc(S(=O)(=O)N(Cc3ccc(OC)cc3)Cc3ccc(OC)cc3)cc21. The summed E-state index contributed by atoms with van der Waals surface area (Å²) in [6, 6.07) is 26.2. The van der Waals surface area contributed by atoms with Gasteiger partial charge in [0.05, 0.1) is 24.8 Å². The van der Waals surface area contributed by atoms with Crippen LogP contribution < -0.4 is 24.8 Å². The molecule has 1 fully saturated rings. The molecule has 0 radical (unpaired) electrons. The molecule has 2 aliphatic rings. The van der Waals surface area contributed by atoms with E-state index in [1.165, 1.54) is 9.87 Å². The van der Waals surface area contributed by atoms with Crippen LogP contribution in [0.15, 0.2) is 102 Å². The summed E-state index contributed by atoms with van der Waals surface area (Å²) in [5.41, 5.74) is 11.2. The number of benzene rings is 4. The Kier molecular flexibility index (Phi) is 11.9.